The summed E-state index contributed by atoms with van der Waals surface area (Å²) in [5, 5.41) is 6.01. The Balaban J connectivity index is 1.86. The number of hydrogen-bond acceptors (Lipinski definition) is 4. The number of rotatable bonds is 7. The van der Waals surface area contributed by atoms with Crippen LogP contribution in [0.5, 0.6) is 5.75 Å². The topological polar surface area (TPSA) is 59.6 Å². The van der Waals surface area contributed by atoms with Crippen LogP contribution >= 0.6 is 15.9 Å². The summed E-state index contributed by atoms with van der Waals surface area (Å²) in [4.78, 5) is 10.9. The summed E-state index contributed by atoms with van der Waals surface area (Å²) in [5.41, 5.74) is 1.15. The second-order valence-corrected chi connectivity index (χ2v) is 6.35. The third kappa shape index (κ3) is 5.21. The Morgan fingerprint density at radius 2 is 2.33 bits per heavy atom. The summed E-state index contributed by atoms with van der Waals surface area (Å²) >= 11 is 3.55. The second kappa shape index (κ2) is 7.66. The molecule has 2 rings (SSSR count). The summed E-state index contributed by atoms with van der Waals surface area (Å²) < 4.78 is 11.8. The van der Waals surface area contributed by atoms with E-state index in [1.54, 1.807) is 0 Å². The third-order valence-corrected chi connectivity index (χ3v) is 3.84. The Labute approximate surface area is 133 Å². The van der Waals surface area contributed by atoms with Gasteiger partial charge < -0.3 is 20.1 Å². The lowest BCUT2D eigenvalue weighted by atomic mass is 10.2. The molecule has 2 N–H and O–H groups in total. The van der Waals surface area contributed by atoms with Crippen molar-refractivity contribution in [2.24, 2.45) is 5.92 Å². The van der Waals surface area contributed by atoms with E-state index in [2.05, 4.69) is 40.4 Å². The Morgan fingerprint density at radius 1 is 1.52 bits per heavy atom. The standard InChI is InChI=1S/C15H21BrN2O3/c1-10(2)6-17-7-11-5-12(3-4-14(11)16)20-9-13-8-18-15(19)21-13/h3-5,10,13,17H,6-9H2,1-2H3,(H,18,19). The molecule has 6 heteroatoms. The van der Waals surface area contributed by atoms with Gasteiger partial charge in [-0.25, -0.2) is 4.79 Å². The van der Waals surface area contributed by atoms with Crippen molar-refractivity contribution in [1.82, 2.24) is 10.6 Å². The zero-order valence-corrected chi connectivity index (χ0v) is 13.9. The van der Waals surface area contributed by atoms with Gasteiger partial charge >= 0.3 is 6.09 Å². The van der Waals surface area contributed by atoms with Crippen molar-refractivity contribution in [2.45, 2.75) is 26.5 Å². The predicted molar refractivity (Wildman–Crippen MR) is 84.5 cm³/mol. The van der Waals surface area contributed by atoms with Crippen LogP contribution in [0.15, 0.2) is 22.7 Å². The molecule has 1 unspecified atom stereocenters. The first-order valence-electron chi connectivity index (χ1n) is 7.11. The van der Waals surface area contributed by atoms with Gasteiger partial charge in [-0.2, -0.15) is 0 Å². The second-order valence-electron chi connectivity index (χ2n) is 5.50. The number of halogens is 1. The molecular weight excluding hydrogens is 336 g/mol. The molecule has 0 bridgehead atoms. The van der Waals surface area contributed by atoms with Crippen LogP contribution in [0.2, 0.25) is 0 Å². The number of nitrogens with one attached hydrogen (secondary N) is 2. The SMILES string of the molecule is CC(C)CNCc1cc(OCC2CNC(=O)O2)ccc1Br. The third-order valence-electron chi connectivity index (χ3n) is 3.07. The van der Waals surface area contributed by atoms with Crippen LogP contribution in [-0.2, 0) is 11.3 Å². The highest BCUT2D eigenvalue weighted by atomic mass is 79.9. The van der Waals surface area contributed by atoms with Crippen molar-refractivity contribution in [1.29, 1.82) is 0 Å². The summed E-state index contributed by atoms with van der Waals surface area (Å²) in [7, 11) is 0. The number of ether oxygens (including phenoxy) is 2. The van der Waals surface area contributed by atoms with E-state index < -0.39 is 0 Å². The van der Waals surface area contributed by atoms with Gasteiger partial charge in [0.15, 0.2) is 6.10 Å². The number of alkyl carbamates (subject to hydrolysis) is 1. The lowest BCUT2D eigenvalue weighted by Gasteiger charge is -2.13. The summed E-state index contributed by atoms with van der Waals surface area (Å²) in [6, 6.07) is 5.88. The lowest BCUT2D eigenvalue weighted by Crippen LogP contribution is -2.22. The zero-order valence-electron chi connectivity index (χ0n) is 12.3. The minimum atomic E-state index is -0.377. The highest BCUT2D eigenvalue weighted by molar-refractivity contribution is 9.10. The van der Waals surface area contributed by atoms with Gasteiger partial charge in [-0.3, -0.25) is 0 Å². The molecule has 1 heterocycles. The molecule has 1 fully saturated rings. The van der Waals surface area contributed by atoms with Gasteiger partial charge in [-0.1, -0.05) is 29.8 Å². The summed E-state index contributed by atoms with van der Waals surface area (Å²) in [6.45, 7) is 6.98. The number of cyclic esters (lactones) is 1. The fourth-order valence-corrected chi connectivity index (χ4v) is 2.37. The molecule has 0 aromatic heterocycles. The minimum absolute atomic E-state index is 0.219. The Morgan fingerprint density at radius 3 is 3.00 bits per heavy atom. The molecule has 0 aliphatic carbocycles. The summed E-state index contributed by atoms with van der Waals surface area (Å²) in [6.07, 6.45) is -0.596. The molecule has 0 radical (unpaired) electrons. The van der Waals surface area contributed by atoms with Crippen molar-refractivity contribution in [3.05, 3.63) is 28.2 Å². The molecule has 0 spiro atoms. The van der Waals surface area contributed by atoms with Crippen LogP contribution in [0.4, 0.5) is 4.79 Å². The number of amides is 1. The van der Waals surface area contributed by atoms with E-state index in [0.717, 1.165) is 28.9 Å². The van der Waals surface area contributed by atoms with Crippen molar-refractivity contribution in [2.75, 3.05) is 19.7 Å². The Kier molecular flexibility index (Phi) is 5.87. The normalized spacial score (nSPS) is 17.7. The maximum Gasteiger partial charge on any atom is 0.407 e. The first-order chi connectivity index (χ1) is 10.0. The fraction of sp³-hybridized carbons (Fsp3) is 0.533. The number of hydrogen-bond donors (Lipinski definition) is 2. The van der Waals surface area contributed by atoms with Crippen LogP contribution in [-0.4, -0.2) is 31.9 Å². The number of carbonyl (C=O) groups is 1. The van der Waals surface area contributed by atoms with Crippen molar-refractivity contribution < 1.29 is 14.3 Å². The van der Waals surface area contributed by atoms with Crippen LogP contribution in [0, 0.1) is 5.92 Å². The number of carbonyl (C=O) groups excluding carboxylic acids is 1. The van der Waals surface area contributed by atoms with E-state index in [-0.39, 0.29) is 12.2 Å². The zero-order chi connectivity index (χ0) is 15.2. The smallest absolute Gasteiger partial charge is 0.407 e. The highest BCUT2D eigenvalue weighted by Gasteiger charge is 2.22. The van der Waals surface area contributed by atoms with Gasteiger partial charge in [0.05, 0.1) is 6.54 Å². The molecule has 21 heavy (non-hydrogen) atoms. The quantitative estimate of drug-likeness (QED) is 0.788. The Bertz CT molecular complexity index is 494. The monoisotopic (exact) mass is 356 g/mol. The lowest BCUT2D eigenvalue weighted by molar-refractivity contribution is 0.105. The van der Waals surface area contributed by atoms with E-state index in [1.165, 1.54) is 0 Å². The average molecular weight is 357 g/mol. The molecule has 0 saturated carbocycles. The van der Waals surface area contributed by atoms with E-state index in [9.17, 15) is 4.79 Å². The Hall–Kier alpha value is -1.27. The van der Waals surface area contributed by atoms with Crippen molar-refractivity contribution >= 4 is 22.0 Å². The fourth-order valence-electron chi connectivity index (χ4n) is 1.99. The van der Waals surface area contributed by atoms with Crippen LogP contribution < -0.4 is 15.4 Å². The molecule has 116 valence electrons. The summed E-state index contributed by atoms with van der Waals surface area (Å²) in [5.74, 6) is 1.40. The van der Waals surface area contributed by atoms with Crippen molar-refractivity contribution in [3.63, 3.8) is 0 Å². The molecule has 1 amide bonds. The van der Waals surface area contributed by atoms with Gasteiger partial charge in [0.25, 0.3) is 0 Å². The minimum Gasteiger partial charge on any atom is -0.490 e. The molecule has 1 aliphatic rings. The van der Waals surface area contributed by atoms with Gasteiger partial charge in [0.1, 0.15) is 12.4 Å². The van der Waals surface area contributed by atoms with Crippen LogP contribution in [0.3, 0.4) is 0 Å². The molecule has 1 saturated heterocycles. The maximum atomic E-state index is 10.9. The van der Waals surface area contributed by atoms with Crippen LogP contribution in [0.25, 0.3) is 0 Å². The van der Waals surface area contributed by atoms with Gasteiger partial charge in [-0.05, 0) is 36.2 Å². The van der Waals surface area contributed by atoms with E-state index in [0.29, 0.717) is 19.1 Å². The van der Waals surface area contributed by atoms with E-state index >= 15 is 0 Å². The van der Waals surface area contributed by atoms with Gasteiger partial charge in [-0.15, -0.1) is 0 Å². The molecule has 1 aromatic rings. The molecule has 1 aromatic carbocycles. The first-order valence-corrected chi connectivity index (χ1v) is 7.90. The van der Waals surface area contributed by atoms with Crippen molar-refractivity contribution in [3.8, 4) is 5.75 Å². The first kappa shape index (κ1) is 16.1. The van der Waals surface area contributed by atoms with Gasteiger partial charge in [0, 0.05) is 11.0 Å². The predicted octanol–water partition coefficient (Wildman–Crippen LogP) is 2.68. The maximum absolute atomic E-state index is 10.9. The van der Waals surface area contributed by atoms with Gasteiger partial charge in [0.2, 0.25) is 0 Å². The molecule has 1 atom stereocenters. The number of benzene rings is 1. The van der Waals surface area contributed by atoms with Crippen LogP contribution in [0.1, 0.15) is 19.4 Å². The molecular formula is C15H21BrN2O3. The molecule has 1 aliphatic heterocycles. The largest absolute Gasteiger partial charge is 0.490 e. The molecule has 5 nitrogen and oxygen atoms in total. The average Bonchev–Trinajstić information content (AvgIpc) is 2.85. The highest BCUT2D eigenvalue weighted by Crippen LogP contribution is 2.23. The van der Waals surface area contributed by atoms with E-state index in [1.807, 2.05) is 18.2 Å². The van der Waals surface area contributed by atoms with E-state index in [4.69, 9.17) is 9.47 Å².